The molecule has 0 saturated heterocycles. The second-order valence-corrected chi connectivity index (χ2v) is 5.32. The molecule has 1 aliphatic heterocycles. The fraction of sp³-hybridized carbons (Fsp3) is 0.533. The summed E-state index contributed by atoms with van der Waals surface area (Å²) < 4.78 is 5.43. The number of fused-ring (bicyclic) bond motifs is 1. The van der Waals surface area contributed by atoms with Gasteiger partial charge in [0.1, 0.15) is 6.04 Å². The van der Waals surface area contributed by atoms with Crippen molar-refractivity contribution in [3.63, 3.8) is 0 Å². The second-order valence-electron chi connectivity index (χ2n) is 5.32. The van der Waals surface area contributed by atoms with Crippen molar-refractivity contribution in [1.82, 2.24) is 5.32 Å². The lowest BCUT2D eigenvalue weighted by atomic mass is 10.1. The Hall–Kier alpha value is -1.55. The molecule has 1 heterocycles. The Morgan fingerprint density at radius 2 is 2.26 bits per heavy atom. The highest BCUT2D eigenvalue weighted by molar-refractivity contribution is 5.87. The van der Waals surface area contributed by atoms with Crippen LogP contribution in [-0.2, 0) is 16.0 Å². The third-order valence-corrected chi connectivity index (χ3v) is 3.08. The maximum atomic E-state index is 12.0. The fourth-order valence-corrected chi connectivity index (χ4v) is 2.14. The molecule has 2 rings (SSSR count). The first-order valence-corrected chi connectivity index (χ1v) is 6.86. The fourth-order valence-electron chi connectivity index (χ4n) is 2.14. The summed E-state index contributed by atoms with van der Waals surface area (Å²) in [5.74, 6) is 0.575. The van der Waals surface area contributed by atoms with Crippen molar-refractivity contribution in [3.8, 4) is 0 Å². The highest BCUT2D eigenvalue weighted by Crippen LogP contribution is 2.24. The summed E-state index contributed by atoms with van der Waals surface area (Å²) in [5.41, 5.74) is 2.28. The van der Waals surface area contributed by atoms with E-state index < -0.39 is 0 Å². The molecular weight excluding hydrogens is 240 g/mol. The van der Waals surface area contributed by atoms with E-state index in [4.69, 9.17) is 4.74 Å². The van der Waals surface area contributed by atoms with E-state index in [0.29, 0.717) is 19.1 Å². The van der Waals surface area contributed by atoms with Gasteiger partial charge in [-0.25, -0.2) is 0 Å². The molecular formula is C15H22N2O2. The first kappa shape index (κ1) is 13.9. The van der Waals surface area contributed by atoms with Gasteiger partial charge in [0.25, 0.3) is 0 Å². The zero-order valence-corrected chi connectivity index (χ0v) is 11.6. The molecule has 0 spiro atoms. The summed E-state index contributed by atoms with van der Waals surface area (Å²) in [6.07, 6.45) is 0.759. The number of amides is 1. The molecule has 0 saturated carbocycles. The van der Waals surface area contributed by atoms with Crippen LogP contribution in [0.5, 0.6) is 0 Å². The topological polar surface area (TPSA) is 50.4 Å². The molecule has 0 fully saturated rings. The van der Waals surface area contributed by atoms with Gasteiger partial charge in [0, 0.05) is 25.3 Å². The number of carbonyl (C=O) groups is 1. The van der Waals surface area contributed by atoms with Crippen molar-refractivity contribution in [1.29, 1.82) is 0 Å². The van der Waals surface area contributed by atoms with Crippen molar-refractivity contribution < 1.29 is 9.53 Å². The Kier molecular flexibility index (Phi) is 4.80. The van der Waals surface area contributed by atoms with E-state index >= 15 is 0 Å². The van der Waals surface area contributed by atoms with Gasteiger partial charge in [-0.05, 0) is 17.5 Å². The molecule has 1 aliphatic rings. The van der Waals surface area contributed by atoms with E-state index in [1.807, 2.05) is 18.2 Å². The molecule has 4 heteroatoms. The minimum Gasteiger partial charge on any atom is -0.379 e. The monoisotopic (exact) mass is 262 g/mol. The number of hydrogen-bond acceptors (Lipinski definition) is 3. The standard InChI is InChI=1S/C15H22N2O2/c1-11(2)10-19-8-7-16-15(18)14-9-12-5-3-4-6-13(12)17-14/h3-6,11,14,17H,7-10H2,1-2H3,(H,16,18). The lowest BCUT2D eigenvalue weighted by Gasteiger charge is -2.12. The van der Waals surface area contributed by atoms with Crippen LogP contribution in [0.2, 0.25) is 0 Å². The zero-order valence-electron chi connectivity index (χ0n) is 11.6. The quantitative estimate of drug-likeness (QED) is 0.769. The Balaban J connectivity index is 1.68. The molecule has 0 bridgehead atoms. The zero-order chi connectivity index (χ0) is 13.7. The van der Waals surface area contributed by atoms with Gasteiger partial charge in [-0.2, -0.15) is 0 Å². The third kappa shape index (κ3) is 3.96. The van der Waals surface area contributed by atoms with Gasteiger partial charge in [-0.3, -0.25) is 4.79 Å². The minimum atomic E-state index is -0.150. The van der Waals surface area contributed by atoms with Gasteiger partial charge in [-0.1, -0.05) is 32.0 Å². The highest BCUT2D eigenvalue weighted by atomic mass is 16.5. The number of para-hydroxylation sites is 1. The number of benzene rings is 1. The van der Waals surface area contributed by atoms with Gasteiger partial charge in [-0.15, -0.1) is 0 Å². The first-order valence-electron chi connectivity index (χ1n) is 6.86. The summed E-state index contributed by atoms with van der Waals surface area (Å²) in [7, 11) is 0. The average Bonchev–Trinajstić information content (AvgIpc) is 2.81. The Morgan fingerprint density at radius 3 is 3.00 bits per heavy atom. The Morgan fingerprint density at radius 1 is 1.47 bits per heavy atom. The molecule has 4 nitrogen and oxygen atoms in total. The summed E-state index contributed by atoms with van der Waals surface area (Å²) in [6, 6.07) is 7.89. The third-order valence-electron chi connectivity index (χ3n) is 3.08. The number of nitrogens with one attached hydrogen (secondary N) is 2. The van der Waals surface area contributed by atoms with Crippen LogP contribution in [0.25, 0.3) is 0 Å². The molecule has 2 N–H and O–H groups in total. The lowest BCUT2D eigenvalue weighted by molar-refractivity contribution is -0.121. The number of ether oxygens (including phenoxy) is 1. The molecule has 0 radical (unpaired) electrons. The van der Waals surface area contributed by atoms with Crippen molar-refractivity contribution in [2.45, 2.75) is 26.3 Å². The van der Waals surface area contributed by atoms with Crippen molar-refractivity contribution in [3.05, 3.63) is 29.8 Å². The van der Waals surface area contributed by atoms with Crippen molar-refractivity contribution in [2.24, 2.45) is 5.92 Å². The van der Waals surface area contributed by atoms with Gasteiger partial charge in [0.15, 0.2) is 0 Å². The molecule has 1 amide bonds. The van der Waals surface area contributed by atoms with Crippen LogP contribution in [0.4, 0.5) is 5.69 Å². The van der Waals surface area contributed by atoms with Crippen LogP contribution in [0.15, 0.2) is 24.3 Å². The van der Waals surface area contributed by atoms with Crippen LogP contribution >= 0.6 is 0 Å². The average molecular weight is 262 g/mol. The Labute approximate surface area is 114 Å². The molecule has 104 valence electrons. The maximum absolute atomic E-state index is 12.0. The van der Waals surface area contributed by atoms with E-state index in [9.17, 15) is 4.79 Å². The molecule has 1 aromatic rings. The number of carbonyl (C=O) groups excluding carboxylic acids is 1. The van der Waals surface area contributed by atoms with E-state index in [1.54, 1.807) is 0 Å². The molecule has 1 unspecified atom stereocenters. The van der Waals surface area contributed by atoms with E-state index in [1.165, 1.54) is 5.56 Å². The summed E-state index contributed by atoms with van der Waals surface area (Å²) in [4.78, 5) is 12.0. The minimum absolute atomic E-state index is 0.0457. The molecule has 1 atom stereocenters. The number of rotatable bonds is 6. The van der Waals surface area contributed by atoms with E-state index in [-0.39, 0.29) is 11.9 Å². The maximum Gasteiger partial charge on any atom is 0.242 e. The lowest BCUT2D eigenvalue weighted by Crippen LogP contribution is -2.39. The molecule has 0 aliphatic carbocycles. The SMILES string of the molecule is CC(C)COCCNC(=O)C1Cc2ccccc2N1. The normalized spacial score (nSPS) is 17.1. The molecule has 19 heavy (non-hydrogen) atoms. The van der Waals surface area contributed by atoms with Gasteiger partial charge in [0.05, 0.1) is 6.61 Å². The van der Waals surface area contributed by atoms with Crippen LogP contribution in [0.3, 0.4) is 0 Å². The van der Waals surface area contributed by atoms with Gasteiger partial charge < -0.3 is 15.4 Å². The highest BCUT2D eigenvalue weighted by Gasteiger charge is 2.25. The van der Waals surface area contributed by atoms with E-state index in [2.05, 4.69) is 30.5 Å². The van der Waals surface area contributed by atoms with Crippen LogP contribution in [-0.4, -0.2) is 31.7 Å². The van der Waals surface area contributed by atoms with Gasteiger partial charge >= 0.3 is 0 Å². The predicted octanol–water partition coefficient (Wildman–Crippen LogP) is 1.81. The first-order chi connectivity index (χ1) is 9.16. The largest absolute Gasteiger partial charge is 0.379 e. The summed E-state index contributed by atoms with van der Waals surface area (Å²) >= 11 is 0. The number of hydrogen-bond donors (Lipinski definition) is 2. The second kappa shape index (κ2) is 6.57. The van der Waals surface area contributed by atoms with Crippen molar-refractivity contribution in [2.75, 3.05) is 25.1 Å². The molecule has 0 aromatic heterocycles. The van der Waals surface area contributed by atoms with Crippen LogP contribution < -0.4 is 10.6 Å². The summed E-state index contributed by atoms with van der Waals surface area (Å²) in [6.45, 7) is 6.10. The van der Waals surface area contributed by atoms with E-state index in [0.717, 1.165) is 18.7 Å². The van der Waals surface area contributed by atoms with Crippen LogP contribution in [0.1, 0.15) is 19.4 Å². The summed E-state index contributed by atoms with van der Waals surface area (Å²) in [5, 5.41) is 6.15. The van der Waals surface area contributed by atoms with Crippen LogP contribution in [0, 0.1) is 5.92 Å². The smallest absolute Gasteiger partial charge is 0.242 e. The predicted molar refractivity (Wildman–Crippen MR) is 76.2 cm³/mol. The van der Waals surface area contributed by atoms with Gasteiger partial charge in [0.2, 0.25) is 5.91 Å². The van der Waals surface area contributed by atoms with Crippen molar-refractivity contribution >= 4 is 11.6 Å². The number of anilines is 1. The molecule has 1 aromatic carbocycles. The Bertz CT molecular complexity index is 407.